The summed E-state index contributed by atoms with van der Waals surface area (Å²) in [5.41, 5.74) is 1.29. The van der Waals surface area contributed by atoms with Crippen LogP contribution in [0.2, 0.25) is 0 Å². The van der Waals surface area contributed by atoms with E-state index in [1.54, 1.807) is 0 Å². The monoisotopic (exact) mass is 281 g/mol. The van der Waals surface area contributed by atoms with E-state index >= 15 is 0 Å². The van der Waals surface area contributed by atoms with E-state index in [0.717, 1.165) is 24.6 Å². The standard InChI is InChI=1S/C19H23NO/c1-4-13-20(3)15-16(2)17-9-8-12-19(14-17)21-18-10-6-5-7-11-18/h4-12,14,16H,1,13,15H2,2-3H3. The van der Waals surface area contributed by atoms with Crippen molar-refractivity contribution >= 4 is 0 Å². The molecular weight excluding hydrogens is 258 g/mol. The van der Waals surface area contributed by atoms with Gasteiger partial charge in [0.15, 0.2) is 0 Å². The summed E-state index contributed by atoms with van der Waals surface area (Å²) in [7, 11) is 2.11. The lowest BCUT2D eigenvalue weighted by Gasteiger charge is -2.20. The van der Waals surface area contributed by atoms with E-state index in [-0.39, 0.29) is 0 Å². The van der Waals surface area contributed by atoms with E-state index in [1.165, 1.54) is 5.56 Å². The van der Waals surface area contributed by atoms with Gasteiger partial charge in [-0.05, 0) is 42.8 Å². The summed E-state index contributed by atoms with van der Waals surface area (Å²) < 4.78 is 5.89. The van der Waals surface area contributed by atoms with Gasteiger partial charge in [0.1, 0.15) is 11.5 Å². The average molecular weight is 281 g/mol. The van der Waals surface area contributed by atoms with Crippen LogP contribution >= 0.6 is 0 Å². The highest BCUT2D eigenvalue weighted by molar-refractivity contribution is 5.35. The second kappa shape index (κ2) is 7.65. The van der Waals surface area contributed by atoms with E-state index in [1.807, 2.05) is 42.5 Å². The third-order valence-corrected chi connectivity index (χ3v) is 3.43. The number of hydrogen-bond donors (Lipinski definition) is 0. The largest absolute Gasteiger partial charge is 0.457 e. The fraction of sp³-hybridized carbons (Fsp3) is 0.263. The Hall–Kier alpha value is -2.06. The lowest BCUT2D eigenvalue weighted by atomic mass is 10.0. The summed E-state index contributed by atoms with van der Waals surface area (Å²) in [6.07, 6.45) is 1.93. The minimum absolute atomic E-state index is 0.453. The van der Waals surface area contributed by atoms with Crippen LogP contribution in [-0.4, -0.2) is 25.0 Å². The third kappa shape index (κ3) is 4.76. The van der Waals surface area contributed by atoms with Crippen LogP contribution in [0.3, 0.4) is 0 Å². The second-order valence-electron chi connectivity index (χ2n) is 5.40. The van der Waals surface area contributed by atoms with E-state index in [0.29, 0.717) is 5.92 Å². The van der Waals surface area contributed by atoms with Gasteiger partial charge in [-0.1, -0.05) is 43.3 Å². The summed E-state index contributed by atoms with van der Waals surface area (Å²) in [6.45, 7) is 7.93. The van der Waals surface area contributed by atoms with Crippen molar-refractivity contribution in [2.75, 3.05) is 20.1 Å². The predicted octanol–water partition coefficient (Wildman–Crippen LogP) is 4.70. The molecule has 1 atom stereocenters. The van der Waals surface area contributed by atoms with E-state index < -0.39 is 0 Å². The molecule has 0 radical (unpaired) electrons. The highest BCUT2D eigenvalue weighted by Crippen LogP contribution is 2.25. The zero-order valence-corrected chi connectivity index (χ0v) is 12.8. The molecule has 0 aromatic heterocycles. The SMILES string of the molecule is C=CCN(C)CC(C)c1cccc(Oc2ccccc2)c1. The van der Waals surface area contributed by atoms with Crippen LogP contribution in [0.5, 0.6) is 11.5 Å². The molecule has 0 N–H and O–H groups in total. The van der Waals surface area contributed by atoms with Crippen LogP contribution in [0.1, 0.15) is 18.4 Å². The maximum Gasteiger partial charge on any atom is 0.127 e. The van der Waals surface area contributed by atoms with E-state index in [4.69, 9.17) is 4.74 Å². The average Bonchev–Trinajstić information content (AvgIpc) is 2.49. The predicted molar refractivity (Wildman–Crippen MR) is 89.1 cm³/mol. The van der Waals surface area contributed by atoms with E-state index in [9.17, 15) is 0 Å². The molecule has 0 aliphatic carbocycles. The van der Waals surface area contributed by atoms with Crippen molar-refractivity contribution in [3.05, 3.63) is 72.8 Å². The Balaban J connectivity index is 2.05. The molecule has 2 rings (SSSR count). The lowest BCUT2D eigenvalue weighted by Crippen LogP contribution is -2.23. The fourth-order valence-corrected chi connectivity index (χ4v) is 2.38. The molecule has 2 aromatic carbocycles. The summed E-state index contributed by atoms with van der Waals surface area (Å²) >= 11 is 0. The molecule has 0 bridgehead atoms. The number of benzene rings is 2. The lowest BCUT2D eigenvalue weighted by molar-refractivity contribution is 0.349. The van der Waals surface area contributed by atoms with Crippen molar-refractivity contribution < 1.29 is 4.74 Å². The maximum absolute atomic E-state index is 5.89. The summed E-state index contributed by atoms with van der Waals surface area (Å²) in [6, 6.07) is 18.2. The van der Waals surface area contributed by atoms with Crippen molar-refractivity contribution in [2.24, 2.45) is 0 Å². The Morgan fingerprint density at radius 3 is 2.52 bits per heavy atom. The molecule has 0 amide bonds. The zero-order chi connectivity index (χ0) is 15.1. The van der Waals surface area contributed by atoms with Gasteiger partial charge < -0.3 is 9.64 Å². The van der Waals surface area contributed by atoms with E-state index in [2.05, 4.69) is 43.6 Å². The highest BCUT2D eigenvalue weighted by atomic mass is 16.5. The Kier molecular flexibility index (Phi) is 5.59. The first-order valence-electron chi connectivity index (χ1n) is 7.31. The number of rotatable bonds is 7. The first-order valence-corrected chi connectivity index (χ1v) is 7.31. The summed E-state index contributed by atoms with van der Waals surface area (Å²) in [5.74, 6) is 2.21. The number of ether oxygens (including phenoxy) is 1. The number of nitrogens with zero attached hydrogens (tertiary/aromatic N) is 1. The molecule has 1 unspecified atom stereocenters. The molecule has 0 spiro atoms. The maximum atomic E-state index is 5.89. The fourth-order valence-electron chi connectivity index (χ4n) is 2.38. The van der Waals surface area contributed by atoms with Gasteiger partial charge >= 0.3 is 0 Å². The molecule has 0 saturated heterocycles. The van der Waals surface area contributed by atoms with Crippen LogP contribution in [0, 0.1) is 0 Å². The van der Waals surface area contributed by atoms with Crippen LogP contribution in [0.15, 0.2) is 67.3 Å². The van der Waals surface area contributed by atoms with Crippen molar-refractivity contribution in [1.29, 1.82) is 0 Å². The van der Waals surface area contributed by atoms with Gasteiger partial charge in [-0.15, -0.1) is 6.58 Å². The molecule has 110 valence electrons. The van der Waals surface area contributed by atoms with Crippen molar-refractivity contribution in [2.45, 2.75) is 12.8 Å². The molecule has 0 fully saturated rings. The molecule has 0 heterocycles. The smallest absolute Gasteiger partial charge is 0.127 e. The number of likely N-dealkylation sites (N-methyl/N-ethyl adjacent to an activating group) is 1. The first-order chi connectivity index (χ1) is 10.2. The first kappa shape index (κ1) is 15.3. The molecule has 2 nitrogen and oxygen atoms in total. The Morgan fingerprint density at radius 2 is 1.81 bits per heavy atom. The van der Waals surface area contributed by atoms with Gasteiger partial charge in [0.25, 0.3) is 0 Å². The van der Waals surface area contributed by atoms with Gasteiger partial charge in [-0.3, -0.25) is 0 Å². The molecule has 0 aliphatic rings. The minimum atomic E-state index is 0.453. The molecular formula is C19H23NO. The summed E-state index contributed by atoms with van der Waals surface area (Å²) in [4.78, 5) is 2.27. The van der Waals surface area contributed by atoms with Gasteiger partial charge in [0.05, 0.1) is 0 Å². The Bertz CT molecular complexity index is 565. The normalized spacial score (nSPS) is 12.1. The quantitative estimate of drug-likeness (QED) is 0.682. The second-order valence-corrected chi connectivity index (χ2v) is 5.40. The Morgan fingerprint density at radius 1 is 1.10 bits per heavy atom. The van der Waals surface area contributed by atoms with Crippen LogP contribution in [-0.2, 0) is 0 Å². The third-order valence-electron chi connectivity index (χ3n) is 3.43. The van der Waals surface area contributed by atoms with Gasteiger partial charge in [0.2, 0.25) is 0 Å². The molecule has 21 heavy (non-hydrogen) atoms. The van der Waals surface area contributed by atoms with Crippen LogP contribution < -0.4 is 4.74 Å². The van der Waals surface area contributed by atoms with Crippen molar-refractivity contribution in [3.8, 4) is 11.5 Å². The van der Waals surface area contributed by atoms with Crippen LogP contribution in [0.25, 0.3) is 0 Å². The van der Waals surface area contributed by atoms with Gasteiger partial charge in [0, 0.05) is 13.1 Å². The van der Waals surface area contributed by atoms with Crippen LogP contribution in [0.4, 0.5) is 0 Å². The Labute approximate surface area is 127 Å². The molecule has 0 aliphatic heterocycles. The molecule has 0 saturated carbocycles. The van der Waals surface area contributed by atoms with Crippen molar-refractivity contribution in [3.63, 3.8) is 0 Å². The molecule has 2 aromatic rings. The number of hydrogen-bond acceptors (Lipinski definition) is 2. The minimum Gasteiger partial charge on any atom is -0.457 e. The highest BCUT2D eigenvalue weighted by Gasteiger charge is 2.09. The topological polar surface area (TPSA) is 12.5 Å². The summed E-state index contributed by atoms with van der Waals surface area (Å²) in [5, 5.41) is 0. The van der Waals surface area contributed by atoms with Gasteiger partial charge in [-0.2, -0.15) is 0 Å². The number of para-hydroxylation sites is 1. The molecule has 2 heteroatoms. The van der Waals surface area contributed by atoms with Gasteiger partial charge in [-0.25, -0.2) is 0 Å². The zero-order valence-electron chi connectivity index (χ0n) is 12.8. The van der Waals surface area contributed by atoms with Crippen molar-refractivity contribution in [1.82, 2.24) is 4.90 Å².